The van der Waals surface area contributed by atoms with Crippen molar-refractivity contribution in [2.45, 2.75) is 12.6 Å². The van der Waals surface area contributed by atoms with Gasteiger partial charge in [-0.1, -0.05) is 12.1 Å². The van der Waals surface area contributed by atoms with E-state index in [0.717, 1.165) is 5.56 Å². The number of carbonyl (C=O) groups is 2. The first kappa shape index (κ1) is 12.4. The number of amides is 2. The average Bonchev–Trinajstić information content (AvgIpc) is 2.32. The third kappa shape index (κ3) is 2.60. The molecule has 0 aromatic heterocycles. The van der Waals surface area contributed by atoms with Gasteiger partial charge in [-0.15, -0.1) is 0 Å². The lowest BCUT2D eigenvalue weighted by molar-refractivity contribution is -0.141. The van der Waals surface area contributed by atoms with Crippen LogP contribution in [0.5, 0.6) is 5.75 Å². The number of aromatic hydroxyl groups is 1. The molecule has 2 amide bonds. The normalized spacial score (nSPS) is 23.4. The highest BCUT2D eigenvalue weighted by Crippen LogP contribution is 2.12. The highest BCUT2D eigenvalue weighted by molar-refractivity contribution is 6.02. The van der Waals surface area contributed by atoms with Crippen molar-refractivity contribution in [2.24, 2.45) is 5.92 Å². The van der Waals surface area contributed by atoms with Crippen molar-refractivity contribution in [3.8, 4) is 5.75 Å². The van der Waals surface area contributed by atoms with Gasteiger partial charge in [0.2, 0.25) is 11.8 Å². The number of carbonyl (C=O) groups excluding carboxylic acids is 2. The standard InChI is InChI=1S/C12H14N2O4/c15-6-9-11(17)13-10(14-12(9)18)5-7-1-3-8(16)4-2-7/h1-4,9-10,15-16H,5-6H2,(H,13,17)(H,14,18). The van der Waals surface area contributed by atoms with Gasteiger partial charge >= 0.3 is 0 Å². The molecule has 1 aliphatic rings. The maximum Gasteiger partial charge on any atom is 0.236 e. The maximum atomic E-state index is 11.5. The number of aliphatic hydroxyl groups is 1. The molecule has 4 N–H and O–H groups in total. The summed E-state index contributed by atoms with van der Waals surface area (Å²) in [4.78, 5) is 23.0. The molecule has 1 heterocycles. The summed E-state index contributed by atoms with van der Waals surface area (Å²) in [7, 11) is 0. The number of aliphatic hydroxyl groups excluding tert-OH is 1. The van der Waals surface area contributed by atoms with Crippen LogP contribution in [0, 0.1) is 5.92 Å². The fourth-order valence-corrected chi connectivity index (χ4v) is 1.84. The molecule has 1 fully saturated rings. The number of rotatable bonds is 3. The van der Waals surface area contributed by atoms with Gasteiger partial charge in [-0.2, -0.15) is 0 Å². The minimum atomic E-state index is -1.03. The van der Waals surface area contributed by atoms with Crippen LogP contribution in [0.2, 0.25) is 0 Å². The van der Waals surface area contributed by atoms with Crippen LogP contribution in [0.3, 0.4) is 0 Å². The van der Waals surface area contributed by atoms with Crippen LogP contribution < -0.4 is 10.6 Å². The zero-order valence-electron chi connectivity index (χ0n) is 9.59. The topological polar surface area (TPSA) is 98.7 Å². The molecule has 0 bridgehead atoms. The summed E-state index contributed by atoms with van der Waals surface area (Å²) in [5.41, 5.74) is 0.876. The van der Waals surface area contributed by atoms with Crippen molar-refractivity contribution in [2.75, 3.05) is 6.61 Å². The second-order valence-corrected chi connectivity index (χ2v) is 4.18. The Kier molecular flexibility index (Phi) is 3.47. The Labute approximate surface area is 104 Å². The van der Waals surface area contributed by atoms with Crippen LogP contribution in [0.15, 0.2) is 24.3 Å². The molecule has 2 rings (SSSR count). The van der Waals surface area contributed by atoms with Crippen molar-refractivity contribution in [3.05, 3.63) is 29.8 Å². The lowest BCUT2D eigenvalue weighted by Crippen LogP contribution is -2.60. The number of benzene rings is 1. The van der Waals surface area contributed by atoms with Gasteiger partial charge in [-0.25, -0.2) is 0 Å². The van der Waals surface area contributed by atoms with Crippen LogP contribution in [-0.2, 0) is 16.0 Å². The number of hydrogen-bond donors (Lipinski definition) is 4. The third-order valence-electron chi connectivity index (χ3n) is 2.82. The molecule has 1 aromatic rings. The van der Waals surface area contributed by atoms with E-state index in [4.69, 9.17) is 10.2 Å². The molecule has 18 heavy (non-hydrogen) atoms. The summed E-state index contributed by atoms with van der Waals surface area (Å²) >= 11 is 0. The molecule has 0 unspecified atom stereocenters. The Morgan fingerprint density at radius 3 is 2.11 bits per heavy atom. The fraction of sp³-hybridized carbons (Fsp3) is 0.333. The zero-order chi connectivity index (χ0) is 13.1. The van der Waals surface area contributed by atoms with E-state index in [-0.39, 0.29) is 5.75 Å². The van der Waals surface area contributed by atoms with Crippen molar-refractivity contribution in [1.82, 2.24) is 10.6 Å². The van der Waals surface area contributed by atoms with E-state index in [0.29, 0.717) is 6.42 Å². The predicted molar refractivity (Wildman–Crippen MR) is 62.5 cm³/mol. The maximum absolute atomic E-state index is 11.5. The fourth-order valence-electron chi connectivity index (χ4n) is 1.84. The molecule has 0 atom stereocenters. The van der Waals surface area contributed by atoms with E-state index in [9.17, 15) is 9.59 Å². The van der Waals surface area contributed by atoms with Crippen LogP contribution in [0.4, 0.5) is 0 Å². The summed E-state index contributed by atoms with van der Waals surface area (Å²) in [5.74, 6) is -1.80. The molecule has 6 nitrogen and oxygen atoms in total. The lowest BCUT2D eigenvalue weighted by Gasteiger charge is -2.29. The molecule has 6 heteroatoms. The molecular weight excluding hydrogens is 236 g/mol. The molecule has 0 saturated carbocycles. The van der Waals surface area contributed by atoms with Crippen LogP contribution in [0.1, 0.15) is 5.56 Å². The highest BCUT2D eigenvalue weighted by atomic mass is 16.3. The molecule has 1 saturated heterocycles. The van der Waals surface area contributed by atoms with Gasteiger partial charge < -0.3 is 20.8 Å². The molecule has 0 spiro atoms. The van der Waals surface area contributed by atoms with Gasteiger partial charge in [-0.3, -0.25) is 9.59 Å². The molecule has 0 aliphatic carbocycles. The first-order valence-corrected chi connectivity index (χ1v) is 5.59. The minimum Gasteiger partial charge on any atom is -0.508 e. The summed E-state index contributed by atoms with van der Waals surface area (Å²) in [5, 5.41) is 23.3. The lowest BCUT2D eigenvalue weighted by atomic mass is 10.0. The van der Waals surface area contributed by atoms with E-state index in [1.54, 1.807) is 24.3 Å². The van der Waals surface area contributed by atoms with Gasteiger partial charge in [0.15, 0.2) is 0 Å². The zero-order valence-corrected chi connectivity index (χ0v) is 9.59. The van der Waals surface area contributed by atoms with E-state index in [1.807, 2.05) is 0 Å². The third-order valence-corrected chi connectivity index (χ3v) is 2.82. The van der Waals surface area contributed by atoms with Crippen LogP contribution in [0.25, 0.3) is 0 Å². The first-order chi connectivity index (χ1) is 8.60. The number of phenolic OH excluding ortho intramolecular Hbond substituents is 1. The Bertz CT molecular complexity index is 440. The van der Waals surface area contributed by atoms with Gasteiger partial charge in [0.05, 0.1) is 6.61 Å². The van der Waals surface area contributed by atoms with E-state index >= 15 is 0 Å². The van der Waals surface area contributed by atoms with Gasteiger partial charge in [0.1, 0.15) is 17.8 Å². The Balaban J connectivity index is 2.01. The first-order valence-electron chi connectivity index (χ1n) is 5.59. The summed E-state index contributed by atoms with van der Waals surface area (Å²) in [6, 6.07) is 6.51. The van der Waals surface area contributed by atoms with Gasteiger partial charge in [0, 0.05) is 6.42 Å². The van der Waals surface area contributed by atoms with Gasteiger partial charge in [-0.05, 0) is 17.7 Å². The molecule has 1 aliphatic heterocycles. The van der Waals surface area contributed by atoms with Crippen molar-refractivity contribution in [3.63, 3.8) is 0 Å². The summed E-state index contributed by atoms with van der Waals surface area (Å²) < 4.78 is 0. The average molecular weight is 250 g/mol. The van der Waals surface area contributed by atoms with E-state index in [2.05, 4.69) is 10.6 Å². The van der Waals surface area contributed by atoms with Crippen LogP contribution >= 0.6 is 0 Å². The van der Waals surface area contributed by atoms with Crippen LogP contribution in [-0.4, -0.2) is 34.8 Å². The SMILES string of the molecule is O=C1NC(Cc2ccc(O)cc2)NC(=O)C1CO. The molecular formula is C12H14N2O4. The van der Waals surface area contributed by atoms with Gasteiger partial charge in [0.25, 0.3) is 0 Å². The monoisotopic (exact) mass is 250 g/mol. The minimum absolute atomic E-state index is 0.163. The Morgan fingerprint density at radius 1 is 1.06 bits per heavy atom. The smallest absolute Gasteiger partial charge is 0.236 e. The Morgan fingerprint density at radius 2 is 1.61 bits per heavy atom. The number of nitrogens with one attached hydrogen (secondary N) is 2. The molecule has 0 radical (unpaired) electrons. The Hall–Kier alpha value is -2.08. The summed E-state index contributed by atoms with van der Waals surface area (Å²) in [6.07, 6.45) is -0.0621. The highest BCUT2D eigenvalue weighted by Gasteiger charge is 2.33. The summed E-state index contributed by atoms with van der Waals surface area (Å²) in [6.45, 7) is -0.496. The number of phenols is 1. The van der Waals surface area contributed by atoms with Crippen molar-refractivity contribution >= 4 is 11.8 Å². The molecule has 96 valence electrons. The largest absolute Gasteiger partial charge is 0.508 e. The quantitative estimate of drug-likeness (QED) is 0.523. The van der Waals surface area contributed by atoms with E-state index in [1.165, 1.54) is 0 Å². The second-order valence-electron chi connectivity index (χ2n) is 4.18. The van der Waals surface area contributed by atoms with Crippen molar-refractivity contribution in [1.29, 1.82) is 0 Å². The van der Waals surface area contributed by atoms with E-state index < -0.39 is 30.5 Å². The van der Waals surface area contributed by atoms with Crippen molar-refractivity contribution < 1.29 is 19.8 Å². The number of hydrogen-bond acceptors (Lipinski definition) is 4. The second kappa shape index (κ2) is 5.05. The predicted octanol–water partition coefficient (Wildman–Crippen LogP) is -0.885. The molecule has 1 aromatic carbocycles.